The van der Waals surface area contributed by atoms with Gasteiger partial charge in [-0.2, -0.15) is 18.3 Å². The molecule has 0 aliphatic carbocycles. The van der Waals surface area contributed by atoms with Gasteiger partial charge in [0.05, 0.1) is 16.9 Å². The summed E-state index contributed by atoms with van der Waals surface area (Å²) in [6.45, 7) is 0. The minimum atomic E-state index is -4.56. The van der Waals surface area contributed by atoms with E-state index in [1.807, 2.05) is 0 Å². The van der Waals surface area contributed by atoms with Crippen LogP contribution >= 0.6 is 0 Å². The van der Waals surface area contributed by atoms with Crippen LogP contribution in [0.3, 0.4) is 0 Å². The van der Waals surface area contributed by atoms with Crippen LogP contribution in [-0.2, 0) is 6.18 Å². The minimum Gasteiger partial charge on any atom is -0.508 e. The number of benzene rings is 2. The molecular weight excluding hydrogens is 300 g/mol. The highest BCUT2D eigenvalue weighted by atomic mass is 19.4. The van der Waals surface area contributed by atoms with Crippen LogP contribution in [0.5, 0.6) is 5.75 Å². The van der Waals surface area contributed by atoms with Gasteiger partial charge in [0.25, 0.3) is 0 Å². The van der Waals surface area contributed by atoms with E-state index in [-0.39, 0.29) is 22.6 Å². The Balaban J connectivity index is 2.36. The second-order valence-corrected chi connectivity index (χ2v) is 4.33. The van der Waals surface area contributed by atoms with Gasteiger partial charge in [0.15, 0.2) is 0 Å². The molecular formula is C13H10BF3N2O3. The van der Waals surface area contributed by atoms with E-state index in [0.717, 1.165) is 24.3 Å². The summed E-state index contributed by atoms with van der Waals surface area (Å²) >= 11 is 0. The van der Waals surface area contributed by atoms with Crippen LogP contribution in [0.2, 0.25) is 0 Å². The van der Waals surface area contributed by atoms with Crippen LogP contribution in [0.25, 0.3) is 0 Å². The lowest BCUT2D eigenvalue weighted by atomic mass is 9.79. The van der Waals surface area contributed by atoms with Crippen molar-refractivity contribution < 1.29 is 28.3 Å². The predicted octanol–water partition coefficient (Wildman–Crippen LogP) is 2.51. The Hall–Kier alpha value is -2.39. The van der Waals surface area contributed by atoms with Gasteiger partial charge in [-0.3, -0.25) is 0 Å². The lowest BCUT2D eigenvalue weighted by molar-refractivity contribution is -0.137. The smallest absolute Gasteiger partial charge is 0.492 e. The lowest BCUT2D eigenvalue weighted by Gasteiger charge is -2.08. The van der Waals surface area contributed by atoms with Crippen LogP contribution in [-0.4, -0.2) is 22.3 Å². The van der Waals surface area contributed by atoms with Gasteiger partial charge in [-0.25, -0.2) is 0 Å². The largest absolute Gasteiger partial charge is 0.508 e. The molecule has 0 saturated carbocycles. The molecule has 0 unspecified atom stereocenters. The SMILES string of the molecule is OB(O)c1cc(N=Nc2ccccc2C(F)(F)F)ccc1O. The van der Waals surface area contributed by atoms with Crippen molar-refractivity contribution in [1.29, 1.82) is 0 Å². The Labute approximate surface area is 123 Å². The monoisotopic (exact) mass is 310 g/mol. The molecule has 0 atom stereocenters. The number of hydrogen-bond acceptors (Lipinski definition) is 5. The third kappa shape index (κ3) is 3.63. The van der Waals surface area contributed by atoms with Crippen molar-refractivity contribution in [2.45, 2.75) is 6.18 Å². The molecule has 0 amide bonds. The molecule has 0 aromatic heterocycles. The Kier molecular flexibility index (Phi) is 4.48. The van der Waals surface area contributed by atoms with Gasteiger partial charge < -0.3 is 15.2 Å². The van der Waals surface area contributed by atoms with Crippen LogP contribution in [0.1, 0.15) is 5.56 Å². The lowest BCUT2D eigenvalue weighted by Crippen LogP contribution is -2.29. The molecule has 0 aliphatic rings. The highest BCUT2D eigenvalue weighted by molar-refractivity contribution is 6.59. The fourth-order valence-corrected chi connectivity index (χ4v) is 1.72. The quantitative estimate of drug-likeness (QED) is 0.601. The Bertz CT molecular complexity index is 705. The molecule has 0 bridgehead atoms. The summed E-state index contributed by atoms with van der Waals surface area (Å²) < 4.78 is 38.4. The maximum Gasteiger partial charge on any atom is 0.492 e. The number of aromatic hydroxyl groups is 1. The zero-order chi connectivity index (χ0) is 16.3. The molecule has 0 aliphatic heterocycles. The first-order valence-electron chi connectivity index (χ1n) is 6.06. The van der Waals surface area contributed by atoms with Crippen molar-refractivity contribution in [3.05, 3.63) is 48.0 Å². The van der Waals surface area contributed by atoms with Gasteiger partial charge >= 0.3 is 13.3 Å². The summed E-state index contributed by atoms with van der Waals surface area (Å²) in [6.07, 6.45) is -4.56. The number of phenolic OH excluding ortho intramolecular Hbond substituents is 1. The third-order valence-electron chi connectivity index (χ3n) is 2.77. The first kappa shape index (κ1) is 16.0. The van der Waals surface area contributed by atoms with Crippen molar-refractivity contribution in [1.82, 2.24) is 0 Å². The molecule has 114 valence electrons. The number of phenols is 1. The maximum absolute atomic E-state index is 12.8. The molecule has 5 nitrogen and oxygen atoms in total. The number of rotatable bonds is 3. The summed E-state index contributed by atoms with van der Waals surface area (Å²) in [6, 6.07) is 8.20. The second kappa shape index (κ2) is 6.16. The fraction of sp³-hybridized carbons (Fsp3) is 0.0769. The van der Waals surface area contributed by atoms with Crippen molar-refractivity contribution in [3.8, 4) is 5.75 Å². The van der Waals surface area contributed by atoms with Crippen LogP contribution in [0.15, 0.2) is 52.7 Å². The number of alkyl halides is 3. The Morgan fingerprint density at radius 1 is 0.955 bits per heavy atom. The van der Waals surface area contributed by atoms with Gasteiger partial charge in [0.2, 0.25) is 0 Å². The van der Waals surface area contributed by atoms with Crippen LogP contribution in [0.4, 0.5) is 24.5 Å². The first-order chi connectivity index (χ1) is 10.3. The standard InChI is InChI=1S/C13H10BF3N2O3/c15-13(16,17)9-3-1-2-4-11(9)19-18-8-5-6-12(20)10(7-8)14(21)22/h1-7,20-22H. The average Bonchev–Trinajstić information content (AvgIpc) is 2.45. The van der Waals surface area contributed by atoms with Gasteiger partial charge in [-0.15, -0.1) is 5.11 Å². The highest BCUT2D eigenvalue weighted by Crippen LogP contribution is 2.36. The van der Waals surface area contributed by atoms with Crippen molar-refractivity contribution in [2.24, 2.45) is 10.2 Å². The maximum atomic E-state index is 12.8. The van der Waals surface area contributed by atoms with Crippen molar-refractivity contribution in [3.63, 3.8) is 0 Å². The fourth-order valence-electron chi connectivity index (χ4n) is 1.72. The molecule has 0 spiro atoms. The van der Waals surface area contributed by atoms with E-state index >= 15 is 0 Å². The summed E-state index contributed by atoms with van der Waals surface area (Å²) in [5, 5.41) is 34.6. The molecule has 22 heavy (non-hydrogen) atoms. The molecule has 2 aromatic rings. The molecule has 0 heterocycles. The Morgan fingerprint density at radius 3 is 2.27 bits per heavy atom. The number of hydrogen-bond donors (Lipinski definition) is 3. The van der Waals surface area contributed by atoms with Crippen molar-refractivity contribution in [2.75, 3.05) is 0 Å². The highest BCUT2D eigenvalue weighted by Gasteiger charge is 2.33. The van der Waals surface area contributed by atoms with E-state index in [9.17, 15) is 18.3 Å². The second-order valence-electron chi connectivity index (χ2n) is 4.33. The van der Waals surface area contributed by atoms with Gasteiger partial charge in [0.1, 0.15) is 5.75 Å². The summed E-state index contributed by atoms with van der Waals surface area (Å²) in [5.41, 5.74) is -1.45. The summed E-state index contributed by atoms with van der Waals surface area (Å²) in [7, 11) is -1.93. The molecule has 3 N–H and O–H groups in total. The predicted molar refractivity (Wildman–Crippen MR) is 73.6 cm³/mol. The van der Waals surface area contributed by atoms with E-state index in [1.165, 1.54) is 18.2 Å². The Morgan fingerprint density at radius 2 is 1.64 bits per heavy atom. The number of halogens is 3. The van der Waals surface area contributed by atoms with E-state index < -0.39 is 18.9 Å². The minimum absolute atomic E-state index is 0.0675. The van der Waals surface area contributed by atoms with E-state index in [4.69, 9.17) is 10.0 Å². The van der Waals surface area contributed by atoms with Crippen molar-refractivity contribution >= 4 is 24.0 Å². The van der Waals surface area contributed by atoms with E-state index in [2.05, 4.69) is 10.2 Å². The molecule has 2 rings (SSSR count). The van der Waals surface area contributed by atoms with Crippen LogP contribution < -0.4 is 5.46 Å². The third-order valence-corrected chi connectivity index (χ3v) is 2.77. The first-order valence-corrected chi connectivity index (χ1v) is 6.06. The van der Waals surface area contributed by atoms with Crippen LogP contribution in [0, 0.1) is 0 Å². The molecule has 9 heteroatoms. The normalized spacial score (nSPS) is 11.9. The summed E-state index contributed by atoms with van der Waals surface area (Å²) in [4.78, 5) is 0. The van der Waals surface area contributed by atoms with Gasteiger partial charge in [-0.05, 0) is 30.3 Å². The zero-order valence-electron chi connectivity index (χ0n) is 11.0. The molecule has 2 aromatic carbocycles. The van der Waals surface area contributed by atoms with Gasteiger partial charge in [0, 0.05) is 5.46 Å². The molecule has 0 fully saturated rings. The average molecular weight is 310 g/mol. The number of nitrogens with zero attached hydrogens (tertiary/aromatic N) is 2. The van der Waals surface area contributed by atoms with Gasteiger partial charge in [-0.1, -0.05) is 12.1 Å². The topological polar surface area (TPSA) is 85.4 Å². The van der Waals surface area contributed by atoms with E-state index in [0.29, 0.717) is 0 Å². The zero-order valence-corrected chi connectivity index (χ0v) is 11.0. The number of azo groups is 1. The van der Waals surface area contributed by atoms with E-state index in [1.54, 1.807) is 0 Å². The summed E-state index contributed by atoms with van der Waals surface area (Å²) in [5.74, 6) is -0.371. The molecule has 0 saturated heterocycles. The molecule has 0 radical (unpaired) electrons.